The van der Waals surface area contributed by atoms with E-state index in [4.69, 9.17) is 11.6 Å². The van der Waals surface area contributed by atoms with Crippen LogP contribution in [-0.4, -0.2) is 15.0 Å². The van der Waals surface area contributed by atoms with E-state index in [0.29, 0.717) is 0 Å². The topological polar surface area (TPSA) is 38.7 Å². The maximum atomic E-state index is 6.03. The Balaban J connectivity index is 1.82. The van der Waals surface area contributed by atoms with Gasteiger partial charge < -0.3 is 0 Å². The number of nitrogens with zero attached hydrogens (tertiary/aromatic N) is 3. The summed E-state index contributed by atoms with van der Waals surface area (Å²) in [7, 11) is 0. The Morgan fingerprint density at radius 2 is 1.95 bits per heavy atom. The molecular formula is C14H8ClN3S3. The van der Waals surface area contributed by atoms with Gasteiger partial charge in [-0.05, 0) is 48.5 Å². The van der Waals surface area contributed by atoms with Gasteiger partial charge in [-0.25, -0.2) is 15.0 Å². The van der Waals surface area contributed by atoms with Crippen molar-refractivity contribution >= 4 is 66.5 Å². The number of rotatable bonds is 2. The third-order valence-corrected chi connectivity index (χ3v) is 6.13. The largest absolute Gasteiger partial charge is 0.229 e. The monoisotopic (exact) mass is 349 g/mol. The number of aromatic nitrogens is 3. The van der Waals surface area contributed by atoms with Gasteiger partial charge in [-0.15, -0.1) is 22.7 Å². The molecule has 0 fully saturated rings. The quantitative estimate of drug-likeness (QED) is 0.358. The summed E-state index contributed by atoms with van der Waals surface area (Å²) in [6.45, 7) is 2.06. The van der Waals surface area contributed by atoms with Gasteiger partial charge in [0.2, 0.25) is 5.28 Å². The molecule has 0 aliphatic rings. The molecule has 3 heterocycles. The zero-order chi connectivity index (χ0) is 14.4. The van der Waals surface area contributed by atoms with E-state index in [9.17, 15) is 0 Å². The van der Waals surface area contributed by atoms with Gasteiger partial charge in [0.05, 0.1) is 10.2 Å². The second-order valence-corrected chi connectivity index (χ2v) is 8.26. The summed E-state index contributed by atoms with van der Waals surface area (Å²) in [6.07, 6.45) is 0. The molecule has 7 heteroatoms. The number of hydrogen-bond donors (Lipinski definition) is 0. The Morgan fingerprint density at radius 3 is 2.81 bits per heavy atom. The molecule has 4 rings (SSSR count). The molecule has 1 aromatic carbocycles. The van der Waals surface area contributed by atoms with Crippen molar-refractivity contribution in [2.24, 2.45) is 0 Å². The molecule has 3 aromatic heterocycles. The number of benzene rings is 1. The molecule has 0 N–H and O–H groups in total. The van der Waals surface area contributed by atoms with Gasteiger partial charge in [-0.1, -0.05) is 12.1 Å². The van der Waals surface area contributed by atoms with Crippen LogP contribution in [0.2, 0.25) is 5.28 Å². The van der Waals surface area contributed by atoms with Gasteiger partial charge in [0, 0.05) is 10.3 Å². The minimum Gasteiger partial charge on any atom is -0.229 e. The standard InChI is InChI=1S/C14H8ClN3S3/c1-7-6-8-11(19-7)17-13(15)18-12(8)21-14-16-9-4-2-3-5-10(9)20-14/h2-6H,1H3. The molecular weight excluding hydrogens is 342 g/mol. The summed E-state index contributed by atoms with van der Waals surface area (Å²) in [5, 5.41) is 2.20. The van der Waals surface area contributed by atoms with E-state index in [1.807, 2.05) is 18.2 Å². The first-order valence-electron chi connectivity index (χ1n) is 6.16. The van der Waals surface area contributed by atoms with Crippen LogP contribution in [0.1, 0.15) is 4.88 Å². The zero-order valence-corrected chi connectivity index (χ0v) is 14.0. The number of thiazole rings is 1. The Kier molecular flexibility index (Phi) is 3.34. The van der Waals surface area contributed by atoms with Crippen molar-refractivity contribution in [1.82, 2.24) is 15.0 Å². The number of aryl methyl sites for hydroxylation is 1. The molecule has 0 saturated carbocycles. The van der Waals surface area contributed by atoms with Crippen LogP contribution in [0.5, 0.6) is 0 Å². The first kappa shape index (κ1) is 13.5. The van der Waals surface area contributed by atoms with E-state index in [1.165, 1.54) is 9.58 Å². The van der Waals surface area contributed by atoms with Crippen molar-refractivity contribution in [2.45, 2.75) is 16.3 Å². The zero-order valence-electron chi connectivity index (χ0n) is 10.8. The molecule has 3 nitrogen and oxygen atoms in total. The highest BCUT2D eigenvalue weighted by Gasteiger charge is 2.13. The molecule has 0 aliphatic carbocycles. The average Bonchev–Trinajstić information content (AvgIpc) is 3.00. The summed E-state index contributed by atoms with van der Waals surface area (Å²) in [5.41, 5.74) is 1.02. The van der Waals surface area contributed by atoms with Crippen LogP contribution in [0.3, 0.4) is 0 Å². The van der Waals surface area contributed by atoms with Gasteiger partial charge in [-0.3, -0.25) is 0 Å². The first-order chi connectivity index (χ1) is 10.2. The van der Waals surface area contributed by atoms with Crippen molar-refractivity contribution in [3.8, 4) is 0 Å². The molecule has 0 atom stereocenters. The summed E-state index contributed by atoms with van der Waals surface area (Å²) in [4.78, 5) is 15.4. The lowest BCUT2D eigenvalue weighted by molar-refractivity contribution is 1.10. The normalized spacial score (nSPS) is 11.5. The third kappa shape index (κ3) is 2.53. The molecule has 21 heavy (non-hydrogen) atoms. The average molecular weight is 350 g/mol. The fourth-order valence-corrected chi connectivity index (χ4v) is 5.34. The van der Waals surface area contributed by atoms with Crippen LogP contribution in [0.4, 0.5) is 0 Å². The van der Waals surface area contributed by atoms with Gasteiger partial charge >= 0.3 is 0 Å². The molecule has 0 amide bonds. The number of para-hydroxylation sites is 1. The maximum absolute atomic E-state index is 6.03. The summed E-state index contributed by atoms with van der Waals surface area (Å²) in [6, 6.07) is 10.2. The van der Waals surface area contributed by atoms with Crippen LogP contribution in [0.15, 0.2) is 39.7 Å². The van der Waals surface area contributed by atoms with E-state index >= 15 is 0 Å². The molecule has 0 aliphatic heterocycles. The van der Waals surface area contributed by atoms with E-state index in [-0.39, 0.29) is 5.28 Å². The van der Waals surface area contributed by atoms with E-state index < -0.39 is 0 Å². The SMILES string of the molecule is Cc1cc2c(Sc3nc4ccccc4s3)nc(Cl)nc2s1. The molecule has 0 radical (unpaired) electrons. The highest BCUT2D eigenvalue weighted by Crippen LogP contribution is 2.38. The Bertz CT molecular complexity index is 928. The molecule has 4 aromatic rings. The highest BCUT2D eigenvalue weighted by molar-refractivity contribution is 8.01. The van der Waals surface area contributed by atoms with Gasteiger partial charge in [-0.2, -0.15) is 0 Å². The molecule has 0 bridgehead atoms. The maximum Gasteiger partial charge on any atom is 0.224 e. The van der Waals surface area contributed by atoms with Crippen LogP contribution < -0.4 is 0 Å². The molecule has 0 saturated heterocycles. The lowest BCUT2D eigenvalue weighted by atomic mass is 10.3. The van der Waals surface area contributed by atoms with Crippen molar-refractivity contribution in [3.05, 3.63) is 40.5 Å². The Hall–Kier alpha value is -1.21. The lowest BCUT2D eigenvalue weighted by Gasteiger charge is -1.99. The van der Waals surface area contributed by atoms with Crippen molar-refractivity contribution < 1.29 is 0 Å². The van der Waals surface area contributed by atoms with Gasteiger partial charge in [0.25, 0.3) is 0 Å². The van der Waals surface area contributed by atoms with E-state index in [0.717, 1.165) is 25.1 Å². The van der Waals surface area contributed by atoms with Gasteiger partial charge in [0.1, 0.15) is 9.86 Å². The van der Waals surface area contributed by atoms with E-state index in [1.54, 1.807) is 34.4 Å². The summed E-state index contributed by atoms with van der Waals surface area (Å²) in [5.74, 6) is 0. The number of halogens is 1. The highest BCUT2D eigenvalue weighted by atomic mass is 35.5. The predicted molar refractivity (Wildman–Crippen MR) is 90.9 cm³/mol. The van der Waals surface area contributed by atoms with Crippen molar-refractivity contribution in [1.29, 1.82) is 0 Å². The van der Waals surface area contributed by atoms with Crippen LogP contribution in [0.25, 0.3) is 20.4 Å². The molecule has 104 valence electrons. The molecule has 0 unspecified atom stereocenters. The fraction of sp³-hybridized carbons (Fsp3) is 0.0714. The number of hydrogen-bond acceptors (Lipinski definition) is 6. The van der Waals surface area contributed by atoms with E-state index in [2.05, 4.69) is 34.0 Å². The minimum atomic E-state index is 0.285. The van der Waals surface area contributed by atoms with Crippen LogP contribution in [-0.2, 0) is 0 Å². The van der Waals surface area contributed by atoms with Crippen molar-refractivity contribution in [3.63, 3.8) is 0 Å². The minimum absolute atomic E-state index is 0.285. The predicted octanol–water partition coefficient (Wildman–Crippen LogP) is 5.41. The number of fused-ring (bicyclic) bond motifs is 2. The third-order valence-electron chi connectivity index (χ3n) is 2.91. The smallest absolute Gasteiger partial charge is 0.224 e. The van der Waals surface area contributed by atoms with Crippen LogP contribution in [0, 0.1) is 6.92 Å². The van der Waals surface area contributed by atoms with Crippen molar-refractivity contribution in [2.75, 3.05) is 0 Å². The number of thiophene rings is 1. The Labute approximate surface area is 138 Å². The van der Waals surface area contributed by atoms with Crippen LogP contribution >= 0.6 is 46.0 Å². The first-order valence-corrected chi connectivity index (χ1v) is 8.99. The molecule has 0 spiro atoms. The van der Waals surface area contributed by atoms with Gasteiger partial charge in [0.15, 0.2) is 4.34 Å². The summed E-state index contributed by atoms with van der Waals surface area (Å²) < 4.78 is 2.15. The second-order valence-electron chi connectivity index (χ2n) is 4.42. The Morgan fingerprint density at radius 1 is 1.10 bits per heavy atom. The lowest BCUT2D eigenvalue weighted by Crippen LogP contribution is -1.85. The second kappa shape index (κ2) is 5.21. The fourth-order valence-electron chi connectivity index (χ4n) is 2.05. The summed E-state index contributed by atoms with van der Waals surface area (Å²) >= 11 is 10.9.